The van der Waals surface area contributed by atoms with Crippen LogP contribution in [0.25, 0.3) is 0 Å². The number of rotatable bonds is 5. The minimum absolute atomic E-state index is 0.0738. The van der Waals surface area contributed by atoms with E-state index in [0.717, 1.165) is 30.5 Å². The fourth-order valence-electron chi connectivity index (χ4n) is 3.58. The Balaban J connectivity index is 1.34. The normalized spacial score (nSPS) is 15.6. The number of nitrogens with zero attached hydrogens (tertiary/aromatic N) is 4. The number of hydrogen-bond acceptors (Lipinski definition) is 5. The molecule has 2 N–H and O–H groups in total. The van der Waals surface area contributed by atoms with Crippen molar-refractivity contribution in [2.24, 2.45) is 0 Å². The van der Waals surface area contributed by atoms with Crippen LogP contribution in [0.5, 0.6) is 0 Å². The quantitative estimate of drug-likeness (QED) is 0.681. The molecule has 1 fully saturated rings. The van der Waals surface area contributed by atoms with Crippen molar-refractivity contribution in [3.05, 3.63) is 78.4 Å². The number of aromatic nitrogens is 3. The second kappa shape index (κ2) is 9.13. The lowest BCUT2D eigenvalue weighted by Gasteiger charge is -2.25. The predicted molar refractivity (Wildman–Crippen MR) is 113 cm³/mol. The van der Waals surface area contributed by atoms with Crippen molar-refractivity contribution in [2.45, 2.75) is 25.3 Å². The first-order valence-corrected chi connectivity index (χ1v) is 9.82. The van der Waals surface area contributed by atoms with Gasteiger partial charge in [0.15, 0.2) is 0 Å². The largest absolute Gasteiger partial charge is 0.335 e. The summed E-state index contributed by atoms with van der Waals surface area (Å²) in [5.74, 6) is 0.923. The SMILES string of the molecule is O=C(Nc1ccccn1)Nc1ccc(CC(=O)N2CCCC2c2ccncc2)cn1. The van der Waals surface area contributed by atoms with E-state index in [4.69, 9.17) is 0 Å². The van der Waals surface area contributed by atoms with E-state index >= 15 is 0 Å². The van der Waals surface area contributed by atoms with E-state index in [9.17, 15) is 9.59 Å². The Kier molecular flexibility index (Phi) is 5.93. The van der Waals surface area contributed by atoms with Gasteiger partial charge in [0.05, 0.1) is 12.5 Å². The maximum absolute atomic E-state index is 12.9. The highest BCUT2D eigenvalue weighted by atomic mass is 16.2. The van der Waals surface area contributed by atoms with Crippen molar-refractivity contribution < 1.29 is 9.59 Å². The highest BCUT2D eigenvalue weighted by molar-refractivity contribution is 5.98. The molecule has 0 bridgehead atoms. The van der Waals surface area contributed by atoms with Gasteiger partial charge in [-0.05, 0) is 54.3 Å². The molecule has 1 aliphatic rings. The molecule has 0 spiro atoms. The van der Waals surface area contributed by atoms with Crippen LogP contribution in [0.2, 0.25) is 0 Å². The molecule has 8 nitrogen and oxygen atoms in total. The summed E-state index contributed by atoms with van der Waals surface area (Å²) in [6, 6.07) is 12.3. The summed E-state index contributed by atoms with van der Waals surface area (Å²) in [5.41, 5.74) is 1.92. The van der Waals surface area contributed by atoms with Crippen LogP contribution in [-0.2, 0) is 11.2 Å². The molecule has 1 unspecified atom stereocenters. The Bertz CT molecular complexity index is 995. The van der Waals surface area contributed by atoms with Crippen LogP contribution in [0.4, 0.5) is 16.4 Å². The summed E-state index contributed by atoms with van der Waals surface area (Å²) in [6.45, 7) is 0.757. The third-order valence-corrected chi connectivity index (χ3v) is 4.99. The first kappa shape index (κ1) is 19.5. The van der Waals surface area contributed by atoms with Crippen molar-refractivity contribution in [2.75, 3.05) is 17.2 Å². The van der Waals surface area contributed by atoms with Gasteiger partial charge in [0.25, 0.3) is 0 Å². The Labute approximate surface area is 174 Å². The van der Waals surface area contributed by atoms with Crippen molar-refractivity contribution in [1.29, 1.82) is 0 Å². The number of carbonyl (C=O) groups is 2. The zero-order valence-electron chi connectivity index (χ0n) is 16.4. The number of likely N-dealkylation sites (tertiary alicyclic amines) is 1. The number of anilines is 2. The molecule has 152 valence electrons. The number of pyridine rings is 3. The smallest absolute Gasteiger partial charge is 0.326 e. The molecule has 0 saturated carbocycles. The Morgan fingerprint density at radius 2 is 1.77 bits per heavy atom. The third-order valence-electron chi connectivity index (χ3n) is 4.99. The van der Waals surface area contributed by atoms with Gasteiger partial charge in [-0.2, -0.15) is 0 Å². The van der Waals surface area contributed by atoms with E-state index in [1.54, 1.807) is 55.1 Å². The summed E-state index contributed by atoms with van der Waals surface area (Å²) < 4.78 is 0. The molecule has 0 aliphatic carbocycles. The van der Waals surface area contributed by atoms with Crippen LogP contribution >= 0.6 is 0 Å². The number of amides is 3. The molecule has 1 aliphatic heterocycles. The molecule has 1 atom stereocenters. The molecule has 3 amide bonds. The average Bonchev–Trinajstić information content (AvgIpc) is 3.27. The molecule has 8 heteroatoms. The number of hydrogen-bond donors (Lipinski definition) is 2. The van der Waals surface area contributed by atoms with Gasteiger partial charge in [-0.15, -0.1) is 0 Å². The van der Waals surface area contributed by atoms with Crippen molar-refractivity contribution in [3.8, 4) is 0 Å². The number of nitrogens with one attached hydrogen (secondary N) is 2. The monoisotopic (exact) mass is 402 g/mol. The fraction of sp³-hybridized carbons (Fsp3) is 0.227. The van der Waals surface area contributed by atoms with E-state index in [0.29, 0.717) is 11.6 Å². The standard InChI is InChI=1S/C22H22N6O2/c29-21(28-13-3-4-18(28)17-8-11-23-12-9-17)14-16-6-7-20(25-15-16)27-22(30)26-19-5-1-2-10-24-19/h1-2,5-12,15,18H,3-4,13-14H2,(H2,24,25,26,27,30). The van der Waals surface area contributed by atoms with Crippen LogP contribution in [0.15, 0.2) is 67.3 Å². The Morgan fingerprint density at radius 1 is 0.967 bits per heavy atom. The molecule has 3 aromatic heterocycles. The van der Waals surface area contributed by atoms with E-state index in [-0.39, 0.29) is 18.4 Å². The van der Waals surface area contributed by atoms with Gasteiger partial charge in [-0.3, -0.25) is 20.4 Å². The Morgan fingerprint density at radius 3 is 2.47 bits per heavy atom. The molecule has 30 heavy (non-hydrogen) atoms. The summed E-state index contributed by atoms with van der Waals surface area (Å²) in [5, 5.41) is 5.28. The average molecular weight is 402 g/mol. The lowest BCUT2D eigenvalue weighted by Crippen LogP contribution is -2.31. The van der Waals surface area contributed by atoms with E-state index in [2.05, 4.69) is 25.6 Å². The van der Waals surface area contributed by atoms with E-state index in [1.807, 2.05) is 17.0 Å². The van der Waals surface area contributed by atoms with Crippen molar-refractivity contribution in [3.63, 3.8) is 0 Å². The minimum Gasteiger partial charge on any atom is -0.335 e. The molecule has 0 aromatic carbocycles. The molecular weight excluding hydrogens is 380 g/mol. The number of carbonyl (C=O) groups excluding carboxylic acids is 2. The first-order valence-electron chi connectivity index (χ1n) is 9.82. The summed E-state index contributed by atoms with van der Waals surface area (Å²) >= 11 is 0. The summed E-state index contributed by atoms with van der Waals surface area (Å²) in [6.07, 6.45) is 8.96. The van der Waals surface area contributed by atoms with E-state index in [1.165, 1.54) is 0 Å². The lowest BCUT2D eigenvalue weighted by atomic mass is 10.1. The highest BCUT2D eigenvalue weighted by Crippen LogP contribution is 2.32. The fourth-order valence-corrected chi connectivity index (χ4v) is 3.58. The molecule has 1 saturated heterocycles. The highest BCUT2D eigenvalue weighted by Gasteiger charge is 2.29. The van der Waals surface area contributed by atoms with Gasteiger partial charge in [0, 0.05) is 31.3 Å². The van der Waals surface area contributed by atoms with Gasteiger partial charge in [-0.25, -0.2) is 14.8 Å². The molecule has 4 heterocycles. The minimum atomic E-state index is -0.428. The molecular formula is C22H22N6O2. The van der Waals surface area contributed by atoms with Gasteiger partial charge in [-0.1, -0.05) is 12.1 Å². The van der Waals surface area contributed by atoms with E-state index < -0.39 is 6.03 Å². The van der Waals surface area contributed by atoms with Crippen molar-refractivity contribution >= 4 is 23.6 Å². The third kappa shape index (κ3) is 4.78. The van der Waals surface area contributed by atoms with Crippen LogP contribution in [-0.4, -0.2) is 38.3 Å². The molecule has 3 aromatic rings. The predicted octanol–water partition coefficient (Wildman–Crippen LogP) is 3.42. The van der Waals surface area contributed by atoms with Gasteiger partial charge in [0.2, 0.25) is 5.91 Å². The zero-order chi connectivity index (χ0) is 20.8. The lowest BCUT2D eigenvalue weighted by molar-refractivity contribution is -0.131. The van der Waals surface area contributed by atoms with Gasteiger partial charge < -0.3 is 4.90 Å². The van der Waals surface area contributed by atoms with Crippen LogP contribution in [0, 0.1) is 0 Å². The van der Waals surface area contributed by atoms with Gasteiger partial charge in [0.1, 0.15) is 11.6 Å². The van der Waals surface area contributed by atoms with Gasteiger partial charge >= 0.3 is 6.03 Å². The summed E-state index contributed by atoms with van der Waals surface area (Å²) in [4.78, 5) is 39.2. The first-order chi connectivity index (χ1) is 14.7. The molecule has 4 rings (SSSR count). The topological polar surface area (TPSA) is 100 Å². The maximum atomic E-state index is 12.9. The molecule has 0 radical (unpaired) electrons. The second-order valence-electron chi connectivity index (χ2n) is 7.05. The van der Waals surface area contributed by atoms with Crippen LogP contribution in [0.3, 0.4) is 0 Å². The zero-order valence-corrected chi connectivity index (χ0v) is 16.4. The summed E-state index contributed by atoms with van der Waals surface area (Å²) in [7, 11) is 0. The van der Waals surface area contributed by atoms with Crippen LogP contribution < -0.4 is 10.6 Å². The Hall–Kier alpha value is -3.81. The van der Waals surface area contributed by atoms with Crippen molar-refractivity contribution in [1.82, 2.24) is 19.9 Å². The number of urea groups is 1. The second-order valence-corrected chi connectivity index (χ2v) is 7.05. The maximum Gasteiger partial charge on any atom is 0.326 e. The van der Waals surface area contributed by atoms with Crippen LogP contribution in [0.1, 0.15) is 30.0 Å².